The van der Waals surface area contributed by atoms with Gasteiger partial charge in [-0.2, -0.15) is 0 Å². The van der Waals surface area contributed by atoms with Crippen LogP contribution in [0.4, 0.5) is 0 Å². The molecule has 2 aromatic carbocycles. The Morgan fingerprint density at radius 1 is 1.03 bits per heavy atom. The predicted octanol–water partition coefficient (Wildman–Crippen LogP) is 5.78. The summed E-state index contributed by atoms with van der Waals surface area (Å²) in [6.07, 6.45) is 7.52. The maximum absolute atomic E-state index is 13.3. The molecule has 0 aromatic heterocycles. The van der Waals surface area contributed by atoms with Crippen molar-refractivity contribution in [2.24, 2.45) is 0 Å². The standard InChI is InChI=1S/C28H38N2O2S/c1-3-26(28(32)29-24-12-8-5-9-13-24)30(20-18-23-10-6-4-7-11-23)27(31)19-21-33-25-16-14-22(2)15-17-25/h4,6-7,10-11,14-17,24,26H,3,5,8-9,12-13,18-21H2,1-2H3,(H,29,32)/t26-/m1/s1. The van der Waals surface area contributed by atoms with Crippen molar-refractivity contribution in [3.63, 3.8) is 0 Å². The first-order valence-electron chi connectivity index (χ1n) is 12.4. The summed E-state index contributed by atoms with van der Waals surface area (Å²) < 4.78 is 0. The van der Waals surface area contributed by atoms with E-state index in [4.69, 9.17) is 0 Å². The van der Waals surface area contributed by atoms with Crippen LogP contribution < -0.4 is 5.32 Å². The minimum Gasteiger partial charge on any atom is -0.352 e. The number of hydrogen-bond donors (Lipinski definition) is 1. The van der Waals surface area contributed by atoms with E-state index in [1.807, 2.05) is 30.0 Å². The number of carbonyl (C=O) groups excluding carboxylic acids is 2. The molecule has 178 valence electrons. The number of nitrogens with one attached hydrogen (secondary N) is 1. The quantitative estimate of drug-likeness (QED) is 0.427. The monoisotopic (exact) mass is 466 g/mol. The van der Waals surface area contributed by atoms with Gasteiger partial charge in [0.15, 0.2) is 0 Å². The van der Waals surface area contributed by atoms with E-state index in [-0.39, 0.29) is 17.9 Å². The van der Waals surface area contributed by atoms with Crippen molar-refractivity contribution in [1.82, 2.24) is 10.2 Å². The molecule has 1 aliphatic carbocycles. The van der Waals surface area contributed by atoms with Crippen molar-refractivity contribution in [1.29, 1.82) is 0 Å². The molecule has 33 heavy (non-hydrogen) atoms. The molecule has 1 fully saturated rings. The van der Waals surface area contributed by atoms with Gasteiger partial charge >= 0.3 is 0 Å². The first-order chi connectivity index (χ1) is 16.1. The Labute approximate surface area is 203 Å². The third-order valence-corrected chi connectivity index (χ3v) is 7.44. The number of hydrogen-bond acceptors (Lipinski definition) is 3. The highest BCUT2D eigenvalue weighted by molar-refractivity contribution is 7.99. The second-order valence-corrected chi connectivity index (χ2v) is 10.2. The van der Waals surface area contributed by atoms with E-state index in [1.165, 1.54) is 35.3 Å². The lowest BCUT2D eigenvalue weighted by Crippen LogP contribution is -2.52. The molecule has 1 aliphatic rings. The van der Waals surface area contributed by atoms with Gasteiger partial charge in [0.25, 0.3) is 0 Å². The molecule has 2 amide bonds. The Morgan fingerprint density at radius 2 is 1.73 bits per heavy atom. The largest absolute Gasteiger partial charge is 0.352 e. The summed E-state index contributed by atoms with van der Waals surface area (Å²) in [5.74, 6) is 0.790. The van der Waals surface area contributed by atoms with Crippen molar-refractivity contribution in [3.05, 3.63) is 65.7 Å². The van der Waals surface area contributed by atoms with E-state index in [2.05, 4.69) is 48.6 Å². The molecule has 0 unspecified atom stereocenters. The highest BCUT2D eigenvalue weighted by Gasteiger charge is 2.29. The summed E-state index contributed by atoms with van der Waals surface area (Å²) in [6, 6.07) is 18.4. The van der Waals surface area contributed by atoms with Crippen LogP contribution in [0.2, 0.25) is 0 Å². The third-order valence-electron chi connectivity index (χ3n) is 6.43. The number of amides is 2. The maximum atomic E-state index is 13.3. The summed E-state index contributed by atoms with van der Waals surface area (Å²) >= 11 is 1.70. The fourth-order valence-corrected chi connectivity index (χ4v) is 5.32. The number of carbonyl (C=O) groups is 2. The number of nitrogens with zero attached hydrogens (tertiary/aromatic N) is 1. The molecule has 2 aromatic rings. The van der Waals surface area contributed by atoms with E-state index < -0.39 is 6.04 Å². The number of thioether (sulfide) groups is 1. The smallest absolute Gasteiger partial charge is 0.243 e. The molecule has 0 saturated heterocycles. The topological polar surface area (TPSA) is 49.4 Å². The van der Waals surface area contributed by atoms with Crippen LogP contribution in [-0.2, 0) is 16.0 Å². The van der Waals surface area contributed by atoms with Crippen molar-refractivity contribution in [3.8, 4) is 0 Å². The summed E-state index contributed by atoms with van der Waals surface area (Å²) in [4.78, 5) is 29.6. The van der Waals surface area contributed by atoms with Gasteiger partial charge in [0.2, 0.25) is 11.8 Å². The van der Waals surface area contributed by atoms with Gasteiger partial charge < -0.3 is 10.2 Å². The van der Waals surface area contributed by atoms with Crippen LogP contribution in [0.15, 0.2) is 59.5 Å². The molecular formula is C28H38N2O2S. The lowest BCUT2D eigenvalue weighted by Gasteiger charge is -2.33. The van der Waals surface area contributed by atoms with Gasteiger partial charge in [0, 0.05) is 29.7 Å². The van der Waals surface area contributed by atoms with E-state index in [0.717, 1.165) is 19.3 Å². The van der Waals surface area contributed by atoms with Gasteiger partial charge in [-0.3, -0.25) is 9.59 Å². The van der Waals surface area contributed by atoms with Crippen LogP contribution in [-0.4, -0.2) is 41.1 Å². The van der Waals surface area contributed by atoms with Gasteiger partial charge in [-0.1, -0.05) is 74.2 Å². The molecule has 1 saturated carbocycles. The molecule has 0 spiro atoms. The molecular weight excluding hydrogens is 428 g/mol. The highest BCUT2D eigenvalue weighted by atomic mass is 32.2. The Morgan fingerprint density at radius 3 is 2.39 bits per heavy atom. The summed E-state index contributed by atoms with van der Waals surface area (Å²) in [5, 5.41) is 3.25. The van der Waals surface area contributed by atoms with Crippen LogP contribution in [0.3, 0.4) is 0 Å². The second kappa shape index (κ2) is 13.4. The van der Waals surface area contributed by atoms with Crippen LogP contribution in [0.1, 0.15) is 63.0 Å². The number of aryl methyl sites for hydroxylation is 1. The molecule has 5 heteroatoms. The third kappa shape index (κ3) is 8.22. The van der Waals surface area contributed by atoms with Gasteiger partial charge in [0.1, 0.15) is 6.04 Å². The molecule has 1 atom stereocenters. The Bertz CT molecular complexity index is 863. The molecule has 0 bridgehead atoms. The molecule has 0 radical (unpaired) electrons. The lowest BCUT2D eigenvalue weighted by atomic mass is 9.95. The minimum absolute atomic E-state index is 0.0111. The second-order valence-electron chi connectivity index (χ2n) is 9.00. The SMILES string of the molecule is CC[C@H](C(=O)NC1CCCCC1)N(CCc1ccccc1)C(=O)CCSc1ccc(C)cc1. The van der Waals surface area contributed by atoms with Gasteiger partial charge in [0.05, 0.1) is 0 Å². The normalized spacial score (nSPS) is 15.1. The zero-order valence-corrected chi connectivity index (χ0v) is 20.9. The van der Waals surface area contributed by atoms with Crippen molar-refractivity contribution in [2.75, 3.05) is 12.3 Å². The van der Waals surface area contributed by atoms with Crippen LogP contribution in [0.25, 0.3) is 0 Å². The predicted molar refractivity (Wildman–Crippen MR) is 137 cm³/mol. The van der Waals surface area contributed by atoms with E-state index in [9.17, 15) is 9.59 Å². The fourth-order valence-electron chi connectivity index (χ4n) is 4.47. The van der Waals surface area contributed by atoms with Crippen LogP contribution in [0.5, 0.6) is 0 Å². The first kappa shape index (κ1) is 25.4. The molecule has 0 heterocycles. The molecule has 0 aliphatic heterocycles. The Balaban J connectivity index is 1.64. The van der Waals surface area contributed by atoms with Gasteiger partial charge in [-0.15, -0.1) is 11.8 Å². The average Bonchev–Trinajstić information content (AvgIpc) is 2.84. The van der Waals surface area contributed by atoms with Crippen molar-refractivity contribution < 1.29 is 9.59 Å². The van der Waals surface area contributed by atoms with E-state index in [0.29, 0.717) is 25.1 Å². The average molecular weight is 467 g/mol. The minimum atomic E-state index is -0.410. The van der Waals surface area contributed by atoms with Crippen LogP contribution in [0, 0.1) is 6.92 Å². The zero-order chi connectivity index (χ0) is 23.5. The Hall–Kier alpha value is -2.27. The van der Waals surface area contributed by atoms with Crippen molar-refractivity contribution >= 4 is 23.6 Å². The molecule has 1 N–H and O–H groups in total. The van der Waals surface area contributed by atoms with Crippen molar-refractivity contribution in [2.45, 2.75) is 82.2 Å². The van der Waals surface area contributed by atoms with Gasteiger partial charge in [-0.25, -0.2) is 0 Å². The number of rotatable bonds is 11. The van der Waals surface area contributed by atoms with E-state index in [1.54, 1.807) is 11.8 Å². The summed E-state index contributed by atoms with van der Waals surface area (Å²) in [5.41, 5.74) is 2.42. The fraction of sp³-hybridized carbons (Fsp3) is 0.500. The Kier molecular flexibility index (Phi) is 10.3. The number of benzene rings is 2. The van der Waals surface area contributed by atoms with Crippen LogP contribution >= 0.6 is 11.8 Å². The highest BCUT2D eigenvalue weighted by Crippen LogP contribution is 2.21. The maximum Gasteiger partial charge on any atom is 0.243 e. The lowest BCUT2D eigenvalue weighted by molar-refractivity contribution is -0.140. The molecule has 4 nitrogen and oxygen atoms in total. The van der Waals surface area contributed by atoms with E-state index >= 15 is 0 Å². The summed E-state index contributed by atoms with van der Waals surface area (Å²) in [6.45, 7) is 4.65. The summed E-state index contributed by atoms with van der Waals surface area (Å²) in [7, 11) is 0. The molecule has 3 rings (SSSR count). The zero-order valence-electron chi connectivity index (χ0n) is 20.1. The first-order valence-corrected chi connectivity index (χ1v) is 13.4. The van der Waals surface area contributed by atoms with Gasteiger partial charge in [-0.05, 0) is 50.3 Å².